The van der Waals surface area contributed by atoms with Crippen molar-refractivity contribution in [3.63, 3.8) is 0 Å². The highest BCUT2D eigenvalue weighted by Gasteiger charge is 2.45. The lowest BCUT2D eigenvalue weighted by molar-refractivity contribution is -0.190. The molecule has 2 fully saturated rings. The molecule has 0 spiro atoms. The normalized spacial score (nSPS) is 20.9. The minimum Gasteiger partial charge on any atom is -0.491 e. The number of rotatable bonds is 8. The number of benzene rings is 2. The quantitative estimate of drug-likeness (QED) is 0.245. The highest BCUT2D eigenvalue weighted by atomic mass is 35.5. The van der Waals surface area contributed by atoms with Crippen LogP contribution in [0.5, 0.6) is 5.75 Å². The van der Waals surface area contributed by atoms with E-state index >= 15 is 0 Å². The predicted molar refractivity (Wildman–Crippen MR) is 155 cm³/mol. The molecule has 2 saturated heterocycles. The summed E-state index contributed by atoms with van der Waals surface area (Å²) in [7, 11) is 0. The summed E-state index contributed by atoms with van der Waals surface area (Å²) in [4.78, 5) is 12.2. The van der Waals surface area contributed by atoms with Gasteiger partial charge in [0.05, 0.1) is 17.2 Å². The van der Waals surface area contributed by atoms with Gasteiger partial charge < -0.3 is 24.0 Å². The van der Waals surface area contributed by atoms with Gasteiger partial charge >= 0.3 is 6.18 Å². The Morgan fingerprint density at radius 3 is 2.40 bits per heavy atom. The van der Waals surface area contributed by atoms with Gasteiger partial charge in [-0.05, 0) is 48.5 Å². The van der Waals surface area contributed by atoms with Crippen molar-refractivity contribution in [3.05, 3.63) is 94.6 Å². The van der Waals surface area contributed by atoms with Crippen LogP contribution >= 0.6 is 23.2 Å². The van der Waals surface area contributed by atoms with Gasteiger partial charge in [-0.15, -0.1) is 0 Å². The number of halogens is 5. The third-order valence-corrected chi connectivity index (χ3v) is 7.90. The molecule has 0 bridgehead atoms. The molecule has 2 unspecified atom stereocenters. The highest BCUT2D eigenvalue weighted by Crippen LogP contribution is 2.40. The summed E-state index contributed by atoms with van der Waals surface area (Å²) in [6.07, 6.45) is -0.872. The maximum absolute atomic E-state index is 12.8. The fourth-order valence-corrected chi connectivity index (χ4v) is 5.71. The number of alkyl halides is 3. The Balaban J connectivity index is 1.04. The summed E-state index contributed by atoms with van der Waals surface area (Å²) in [6.45, 7) is 3.47. The first-order chi connectivity index (χ1) is 20.7. The second-order valence-corrected chi connectivity index (χ2v) is 11.0. The lowest BCUT2D eigenvalue weighted by Crippen LogP contribution is -2.46. The van der Waals surface area contributed by atoms with Crippen LogP contribution in [-0.2, 0) is 28.0 Å². The van der Waals surface area contributed by atoms with Gasteiger partial charge in [-0.1, -0.05) is 29.3 Å². The molecule has 0 radical (unpaired) electrons. The number of ether oxygens (including phenoxy) is 3. The van der Waals surface area contributed by atoms with Gasteiger partial charge in [-0.3, -0.25) is 0 Å². The number of piperazine rings is 1. The molecular formula is C29H27Cl2F3N6O3. The van der Waals surface area contributed by atoms with Crippen LogP contribution in [0.1, 0.15) is 11.1 Å². The summed E-state index contributed by atoms with van der Waals surface area (Å²) in [6, 6.07) is 15.4. The smallest absolute Gasteiger partial charge is 0.417 e. The van der Waals surface area contributed by atoms with Crippen LogP contribution < -0.4 is 14.5 Å². The van der Waals surface area contributed by atoms with Crippen molar-refractivity contribution < 1.29 is 27.4 Å². The molecular weight excluding hydrogens is 608 g/mol. The molecule has 2 atom stereocenters. The maximum Gasteiger partial charge on any atom is 0.417 e. The molecule has 4 heterocycles. The van der Waals surface area contributed by atoms with Crippen LogP contribution in [-0.4, -0.2) is 65.2 Å². The summed E-state index contributed by atoms with van der Waals surface area (Å²) in [5, 5.41) is 5.11. The second kappa shape index (κ2) is 12.2. The van der Waals surface area contributed by atoms with E-state index in [9.17, 15) is 13.2 Å². The first-order valence-electron chi connectivity index (χ1n) is 13.5. The fourth-order valence-electron chi connectivity index (χ4n) is 5.16. The Morgan fingerprint density at radius 2 is 1.74 bits per heavy atom. The zero-order valence-corrected chi connectivity index (χ0v) is 24.3. The molecule has 0 saturated carbocycles. The third-order valence-electron chi connectivity index (χ3n) is 7.35. The first kappa shape index (κ1) is 29.5. The molecule has 14 heteroatoms. The highest BCUT2D eigenvalue weighted by molar-refractivity contribution is 6.35. The summed E-state index contributed by atoms with van der Waals surface area (Å²) >= 11 is 12.6. The number of hydrogen-bond donors (Lipinski definition) is 0. The number of nitrogens with zero attached hydrogens (tertiary/aromatic N) is 6. The largest absolute Gasteiger partial charge is 0.491 e. The fraction of sp³-hybridized carbons (Fsp3) is 0.345. The Labute approximate surface area is 255 Å². The number of aromatic nitrogens is 4. The van der Waals surface area contributed by atoms with E-state index in [0.717, 1.165) is 18.0 Å². The van der Waals surface area contributed by atoms with E-state index in [1.54, 1.807) is 29.2 Å². The molecule has 9 nitrogen and oxygen atoms in total. The van der Waals surface area contributed by atoms with E-state index in [1.807, 2.05) is 29.2 Å². The van der Waals surface area contributed by atoms with Crippen molar-refractivity contribution >= 4 is 34.7 Å². The van der Waals surface area contributed by atoms with Crippen LogP contribution in [0.25, 0.3) is 0 Å². The summed E-state index contributed by atoms with van der Waals surface area (Å²) in [5.41, 5.74) is 0.911. The molecule has 2 aromatic carbocycles. The second-order valence-electron chi connectivity index (χ2n) is 10.2. The zero-order chi connectivity index (χ0) is 30.0. The molecule has 0 N–H and O–H groups in total. The SMILES string of the molecule is FC(F)(F)c1ccc(N2CCN(c3ccc(OCC4COC(Cn5cncn5)(c5ccc(Cl)cc5Cl)O4)cc3)CC2)nc1. The Morgan fingerprint density at radius 1 is 0.977 bits per heavy atom. The minimum absolute atomic E-state index is 0.238. The van der Waals surface area contributed by atoms with Crippen LogP contribution in [0.4, 0.5) is 24.7 Å². The molecule has 4 aromatic rings. The number of anilines is 2. The van der Waals surface area contributed by atoms with Crippen LogP contribution in [0.15, 0.2) is 73.4 Å². The van der Waals surface area contributed by atoms with Crippen molar-refractivity contribution in [2.24, 2.45) is 0 Å². The Hall–Kier alpha value is -3.58. The van der Waals surface area contributed by atoms with Crippen molar-refractivity contribution in [1.29, 1.82) is 0 Å². The van der Waals surface area contributed by atoms with E-state index in [-0.39, 0.29) is 25.9 Å². The van der Waals surface area contributed by atoms with Crippen molar-refractivity contribution in [3.8, 4) is 5.75 Å². The zero-order valence-electron chi connectivity index (χ0n) is 22.8. The molecule has 0 amide bonds. The van der Waals surface area contributed by atoms with Gasteiger partial charge in [-0.25, -0.2) is 14.6 Å². The predicted octanol–water partition coefficient (Wildman–Crippen LogP) is 5.67. The number of hydrogen-bond acceptors (Lipinski definition) is 8. The van der Waals surface area contributed by atoms with Gasteiger partial charge in [0.25, 0.3) is 0 Å². The standard InChI is InChI=1S/C29H27Cl2F3N6O3/c30-21-2-7-25(26(31)13-21)28(17-40-19-35-18-37-40)42-16-24(43-28)15-41-23-5-3-22(4-6-23)38-9-11-39(12-10-38)27-8-1-20(14-36-27)29(32,33)34/h1-8,13-14,18-19,24H,9-12,15-17H2. The van der Waals surface area contributed by atoms with E-state index in [4.69, 9.17) is 37.4 Å². The average Bonchev–Trinajstić information content (AvgIpc) is 3.67. The van der Waals surface area contributed by atoms with Gasteiger partial charge in [-0.2, -0.15) is 18.3 Å². The van der Waals surface area contributed by atoms with Gasteiger partial charge in [0.2, 0.25) is 5.79 Å². The lowest BCUT2D eigenvalue weighted by Gasteiger charge is -2.36. The van der Waals surface area contributed by atoms with Crippen molar-refractivity contribution in [1.82, 2.24) is 19.7 Å². The topological polar surface area (TPSA) is 77.8 Å². The maximum atomic E-state index is 12.8. The first-order valence-corrected chi connectivity index (χ1v) is 14.3. The molecule has 226 valence electrons. The summed E-state index contributed by atoms with van der Waals surface area (Å²) in [5.74, 6) is 0.0297. The van der Waals surface area contributed by atoms with Gasteiger partial charge in [0.1, 0.15) is 43.5 Å². The Bertz CT molecular complexity index is 1520. The molecule has 0 aliphatic carbocycles. The van der Waals surface area contributed by atoms with Crippen LogP contribution in [0, 0.1) is 0 Å². The lowest BCUT2D eigenvalue weighted by atomic mass is 10.1. The number of pyridine rings is 1. The van der Waals surface area contributed by atoms with Crippen LogP contribution in [0.3, 0.4) is 0 Å². The minimum atomic E-state index is -4.40. The third kappa shape index (κ3) is 6.67. The molecule has 6 rings (SSSR count). The van der Waals surface area contributed by atoms with E-state index in [1.165, 1.54) is 12.4 Å². The monoisotopic (exact) mass is 634 g/mol. The van der Waals surface area contributed by atoms with E-state index in [0.29, 0.717) is 53.4 Å². The molecule has 2 aromatic heterocycles. The van der Waals surface area contributed by atoms with E-state index < -0.39 is 17.5 Å². The molecule has 2 aliphatic rings. The Kier molecular flexibility index (Phi) is 8.36. The van der Waals surface area contributed by atoms with Gasteiger partial charge in [0, 0.05) is 48.6 Å². The van der Waals surface area contributed by atoms with E-state index in [2.05, 4.69) is 20.0 Å². The van der Waals surface area contributed by atoms with Gasteiger partial charge in [0.15, 0.2) is 0 Å². The summed E-state index contributed by atoms with van der Waals surface area (Å²) < 4.78 is 58.8. The van der Waals surface area contributed by atoms with Crippen LogP contribution in [0.2, 0.25) is 10.0 Å². The molecule has 43 heavy (non-hydrogen) atoms. The van der Waals surface area contributed by atoms with Crippen molar-refractivity contribution in [2.75, 3.05) is 49.2 Å². The van der Waals surface area contributed by atoms with Crippen molar-refractivity contribution in [2.45, 2.75) is 24.6 Å². The molecule has 2 aliphatic heterocycles. The average molecular weight is 635 g/mol.